The summed E-state index contributed by atoms with van der Waals surface area (Å²) in [6, 6.07) is 0. The lowest BCUT2D eigenvalue weighted by atomic mass is 10.1. The van der Waals surface area contributed by atoms with Gasteiger partial charge in [0.05, 0.1) is 6.54 Å². The van der Waals surface area contributed by atoms with Gasteiger partial charge in [0.15, 0.2) is 5.44 Å². The molecule has 0 aliphatic rings. The summed E-state index contributed by atoms with van der Waals surface area (Å²) in [6.45, 7) is 3.18. The number of unbranched alkanes of at least 4 members (excludes halogenated alkanes) is 4. The number of aliphatic hydroxyl groups excluding tert-OH is 1. The molecule has 7 nitrogen and oxygen atoms in total. The van der Waals surface area contributed by atoms with Crippen molar-refractivity contribution in [2.45, 2.75) is 57.5 Å². The zero-order valence-electron chi connectivity index (χ0n) is 12.5. The second-order valence-corrected chi connectivity index (χ2v) is 6.31. The number of rotatable bonds is 10. The highest BCUT2D eigenvalue weighted by Gasteiger charge is 2.20. The third-order valence-corrected chi connectivity index (χ3v) is 3.54. The van der Waals surface area contributed by atoms with Crippen LogP contribution in [0.25, 0.3) is 0 Å². The van der Waals surface area contributed by atoms with E-state index in [1.54, 1.807) is 13.0 Å². The van der Waals surface area contributed by atoms with Gasteiger partial charge < -0.3 is 15.2 Å². The molecule has 21 heavy (non-hydrogen) atoms. The summed E-state index contributed by atoms with van der Waals surface area (Å²) >= 11 is 0. The molecule has 0 aromatic heterocycles. The number of amides is 1. The number of ether oxygens (including phenoxy) is 1. The molecule has 2 unspecified atom stereocenters. The Labute approximate surface area is 126 Å². The van der Waals surface area contributed by atoms with Crippen molar-refractivity contribution in [1.29, 1.82) is 0 Å². The van der Waals surface area contributed by atoms with Crippen LogP contribution in [0.3, 0.4) is 0 Å². The zero-order chi connectivity index (χ0) is 16.3. The average Bonchev–Trinajstić information content (AvgIpc) is 2.38. The van der Waals surface area contributed by atoms with Gasteiger partial charge in [-0.15, -0.1) is 0 Å². The molecule has 0 aromatic rings. The summed E-state index contributed by atoms with van der Waals surface area (Å²) in [5, 5.41) is 11.0. The molecule has 8 heteroatoms. The molecule has 1 amide bonds. The second kappa shape index (κ2) is 10.6. The third kappa shape index (κ3) is 11.2. The normalized spacial score (nSPS) is 14.9. The predicted octanol–water partition coefficient (Wildman–Crippen LogP) is 1.83. The standard InChI is InChI=1S/C13H25NO6S/c1-3-4-5-6-7-8-9-11(2)20-13(16)14-10-12(15)21(17,18)19/h8-9,11-12,15H,3-7,10H2,1-2H3,(H,14,16)(H,17,18,19)/b9-8+. The first-order chi connectivity index (χ1) is 9.77. The van der Waals surface area contributed by atoms with Gasteiger partial charge in [-0.05, 0) is 25.8 Å². The highest BCUT2D eigenvalue weighted by molar-refractivity contribution is 7.86. The number of carbonyl (C=O) groups is 1. The van der Waals surface area contributed by atoms with Crippen LogP contribution in [-0.2, 0) is 14.9 Å². The summed E-state index contributed by atoms with van der Waals surface area (Å²) in [5.41, 5.74) is -2.06. The van der Waals surface area contributed by atoms with Crippen molar-refractivity contribution >= 4 is 16.2 Å². The van der Waals surface area contributed by atoms with E-state index in [0.717, 1.165) is 12.8 Å². The number of allylic oxidation sites excluding steroid dienone is 1. The van der Waals surface area contributed by atoms with Crippen molar-refractivity contribution in [3.63, 3.8) is 0 Å². The molecule has 0 rings (SSSR count). The molecule has 0 spiro atoms. The topological polar surface area (TPSA) is 113 Å². The Hall–Kier alpha value is -1.12. The fourth-order valence-electron chi connectivity index (χ4n) is 1.50. The van der Waals surface area contributed by atoms with E-state index in [0.29, 0.717) is 0 Å². The van der Waals surface area contributed by atoms with Crippen molar-refractivity contribution in [1.82, 2.24) is 5.32 Å². The van der Waals surface area contributed by atoms with Crippen LogP contribution in [0.4, 0.5) is 4.79 Å². The lowest BCUT2D eigenvalue weighted by Crippen LogP contribution is -2.37. The van der Waals surface area contributed by atoms with Gasteiger partial charge in [0.1, 0.15) is 6.10 Å². The summed E-state index contributed by atoms with van der Waals surface area (Å²) < 4.78 is 34.5. The maximum absolute atomic E-state index is 11.3. The number of carbonyl (C=O) groups excluding carboxylic acids is 1. The van der Waals surface area contributed by atoms with Gasteiger partial charge in [-0.25, -0.2) is 4.79 Å². The van der Waals surface area contributed by atoms with Crippen molar-refractivity contribution in [3.8, 4) is 0 Å². The van der Waals surface area contributed by atoms with E-state index in [9.17, 15) is 13.2 Å². The average molecular weight is 323 g/mol. The van der Waals surface area contributed by atoms with E-state index in [2.05, 4.69) is 12.2 Å². The molecule has 124 valence electrons. The largest absolute Gasteiger partial charge is 0.442 e. The Bertz CT molecular complexity index is 420. The van der Waals surface area contributed by atoms with Crippen molar-refractivity contribution in [2.75, 3.05) is 6.54 Å². The minimum absolute atomic E-state index is 0.459. The summed E-state index contributed by atoms with van der Waals surface area (Å²) in [7, 11) is -4.58. The Morgan fingerprint density at radius 1 is 1.33 bits per heavy atom. The van der Waals surface area contributed by atoms with Crippen LogP contribution in [0.2, 0.25) is 0 Å². The van der Waals surface area contributed by atoms with E-state index in [1.807, 2.05) is 6.08 Å². The van der Waals surface area contributed by atoms with Gasteiger partial charge in [-0.2, -0.15) is 8.42 Å². The van der Waals surface area contributed by atoms with Gasteiger partial charge in [0.25, 0.3) is 10.1 Å². The first-order valence-corrected chi connectivity index (χ1v) is 8.53. The Balaban J connectivity index is 3.86. The van der Waals surface area contributed by atoms with E-state index in [4.69, 9.17) is 14.4 Å². The maximum Gasteiger partial charge on any atom is 0.407 e. The number of nitrogens with one attached hydrogen (secondary N) is 1. The van der Waals surface area contributed by atoms with Crippen LogP contribution in [0.5, 0.6) is 0 Å². The molecule has 0 fully saturated rings. The Kier molecular flexibility index (Phi) is 10.0. The number of alkyl carbamates (subject to hydrolysis) is 1. The molecule has 0 heterocycles. The van der Waals surface area contributed by atoms with Gasteiger partial charge in [0.2, 0.25) is 0 Å². The Morgan fingerprint density at radius 3 is 2.57 bits per heavy atom. The van der Waals surface area contributed by atoms with Crippen molar-refractivity contribution in [2.24, 2.45) is 0 Å². The molecule has 0 aliphatic heterocycles. The first-order valence-electron chi connectivity index (χ1n) is 7.02. The molecule has 0 bridgehead atoms. The minimum Gasteiger partial charge on any atom is -0.442 e. The van der Waals surface area contributed by atoms with E-state index in [1.165, 1.54) is 19.3 Å². The fourth-order valence-corrected chi connectivity index (χ4v) is 1.80. The molecule has 0 aromatic carbocycles. The maximum atomic E-state index is 11.3. The minimum atomic E-state index is -4.58. The van der Waals surface area contributed by atoms with Crippen LogP contribution in [0.1, 0.15) is 46.0 Å². The lowest BCUT2D eigenvalue weighted by molar-refractivity contribution is 0.122. The smallest absolute Gasteiger partial charge is 0.407 e. The number of aliphatic hydroxyl groups is 1. The SMILES string of the molecule is CCCCCC/C=C/C(C)OC(=O)NCC(O)S(=O)(=O)O. The highest BCUT2D eigenvalue weighted by atomic mass is 32.2. The summed E-state index contributed by atoms with van der Waals surface area (Å²) in [6.07, 6.45) is 7.91. The molecule has 0 radical (unpaired) electrons. The number of hydrogen-bond acceptors (Lipinski definition) is 5. The van der Waals surface area contributed by atoms with Gasteiger partial charge in [-0.1, -0.05) is 32.3 Å². The van der Waals surface area contributed by atoms with Crippen molar-refractivity contribution < 1.29 is 27.6 Å². The van der Waals surface area contributed by atoms with Gasteiger partial charge in [0, 0.05) is 0 Å². The molecule has 0 saturated heterocycles. The zero-order valence-corrected chi connectivity index (χ0v) is 13.3. The Morgan fingerprint density at radius 2 is 2.00 bits per heavy atom. The molecule has 0 aliphatic carbocycles. The van der Waals surface area contributed by atoms with Crippen LogP contribution < -0.4 is 5.32 Å². The van der Waals surface area contributed by atoms with Gasteiger partial charge >= 0.3 is 6.09 Å². The van der Waals surface area contributed by atoms with Crippen molar-refractivity contribution in [3.05, 3.63) is 12.2 Å². The van der Waals surface area contributed by atoms with E-state index >= 15 is 0 Å². The van der Waals surface area contributed by atoms with Crippen LogP contribution in [0, 0.1) is 0 Å². The van der Waals surface area contributed by atoms with Crippen LogP contribution in [0.15, 0.2) is 12.2 Å². The molecule has 0 saturated carbocycles. The third-order valence-electron chi connectivity index (χ3n) is 2.69. The predicted molar refractivity (Wildman–Crippen MR) is 79.4 cm³/mol. The molecule has 2 atom stereocenters. The summed E-state index contributed by atoms with van der Waals surface area (Å²) in [4.78, 5) is 11.3. The monoisotopic (exact) mass is 323 g/mol. The first kappa shape index (κ1) is 19.9. The van der Waals surface area contributed by atoms with Crippen LogP contribution in [-0.4, -0.2) is 42.3 Å². The van der Waals surface area contributed by atoms with Gasteiger partial charge in [-0.3, -0.25) is 4.55 Å². The second-order valence-electron chi connectivity index (χ2n) is 4.74. The van der Waals surface area contributed by atoms with E-state index < -0.39 is 34.3 Å². The number of hydrogen-bond donors (Lipinski definition) is 3. The molecular weight excluding hydrogens is 298 g/mol. The lowest BCUT2D eigenvalue weighted by Gasteiger charge is -2.12. The van der Waals surface area contributed by atoms with Crippen LogP contribution >= 0.6 is 0 Å². The molecule has 3 N–H and O–H groups in total. The highest BCUT2D eigenvalue weighted by Crippen LogP contribution is 2.04. The molecular formula is C13H25NO6S. The van der Waals surface area contributed by atoms with E-state index in [-0.39, 0.29) is 0 Å². The fraction of sp³-hybridized carbons (Fsp3) is 0.769. The quantitative estimate of drug-likeness (QED) is 0.321. The summed E-state index contributed by atoms with van der Waals surface area (Å²) in [5.74, 6) is 0.